The first-order chi connectivity index (χ1) is 14.5. The Labute approximate surface area is 176 Å². The lowest BCUT2D eigenvalue weighted by molar-refractivity contribution is -0.137. The highest BCUT2D eigenvalue weighted by Crippen LogP contribution is 2.36. The number of benzene rings is 1. The van der Waals surface area contributed by atoms with Crippen molar-refractivity contribution in [2.75, 3.05) is 39.3 Å². The highest BCUT2D eigenvalue weighted by atomic mass is 19.4. The first-order valence-corrected chi connectivity index (χ1v) is 11.1. The van der Waals surface area contributed by atoms with Crippen LogP contribution in [0.1, 0.15) is 49.3 Å². The van der Waals surface area contributed by atoms with Crippen molar-refractivity contribution < 1.29 is 13.2 Å². The largest absolute Gasteiger partial charge is 0.416 e. The summed E-state index contributed by atoms with van der Waals surface area (Å²) in [6.45, 7) is 6.02. The minimum absolute atomic E-state index is 0.0332. The van der Waals surface area contributed by atoms with Crippen molar-refractivity contribution in [1.29, 1.82) is 0 Å². The van der Waals surface area contributed by atoms with Gasteiger partial charge in [0.25, 0.3) is 0 Å². The van der Waals surface area contributed by atoms with Crippen molar-refractivity contribution in [3.05, 3.63) is 41.6 Å². The molecule has 1 unspecified atom stereocenters. The summed E-state index contributed by atoms with van der Waals surface area (Å²) in [7, 11) is 0. The van der Waals surface area contributed by atoms with Gasteiger partial charge in [-0.15, -0.1) is 0 Å². The number of aromatic nitrogens is 1. The molecule has 3 heterocycles. The molecular formula is C23H31F3N4. The molecule has 2 aliphatic rings. The molecule has 2 fully saturated rings. The van der Waals surface area contributed by atoms with Crippen molar-refractivity contribution in [1.82, 2.24) is 20.5 Å². The molecule has 0 radical (unpaired) electrons. The van der Waals surface area contributed by atoms with Crippen LogP contribution in [0.15, 0.2) is 30.5 Å². The van der Waals surface area contributed by atoms with E-state index in [1.807, 2.05) is 6.07 Å². The van der Waals surface area contributed by atoms with Gasteiger partial charge in [0.1, 0.15) is 0 Å². The van der Waals surface area contributed by atoms with Gasteiger partial charge in [-0.3, -0.25) is 4.98 Å². The second-order valence-corrected chi connectivity index (χ2v) is 8.55. The van der Waals surface area contributed by atoms with E-state index in [2.05, 4.69) is 20.5 Å². The number of rotatable bonds is 6. The van der Waals surface area contributed by atoms with Gasteiger partial charge in [-0.25, -0.2) is 0 Å². The summed E-state index contributed by atoms with van der Waals surface area (Å²) in [5.41, 5.74) is 0.954. The lowest BCUT2D eigenvalue weighted by Crippen LogP contribution is -2.40. The van der Waals surface area contributed by atoms with Crippen LogP contribution in [0, 0.1) is 5.92 Å². The summed E-state index contributed by atoms with van der Waals surface area (Å²) in [5, 5.41) is 7.74. The molecule has 0 spiro atoms. The van der Waals surface area contributed by atoms with Crippen molar-refractivity contribution in [3.63, 3.8) is 0 Å². The summed E-state index contributed by atoms with van der Waals surface area (Å²) in [5.74, 6) is 0.396. The Bertz CT molecular complexity index is 827. The van der Waals surface area contributed by atoms with Crippen LogP contribution in [-0.4, -0.2) is 49.2 Å². The van der Waals surface area contributed by atoms with Crippen LogP contribution in [0.5, 0.6) is 0 Å². The van der Waals surface area contributed by atoms with Gasteiger partial charge in [0, 0.05) is 30.7 Å². The van der Waals surface area contributed by atoms with E-state index >= 15 is 0 Å². The van der Waals surface area contributed by atoms with Crippen LogP contribution in [-0.2, 0) is 6.18 Å². The van der Waals surface area contributed by atoms with E-state index in [-0.39, 0.29) is 6.04 Å². The number of hydrogen-bond donors (Lipinski definition) is 2. The van der Waals surface area contributed by atoms with Gasteiger partial charge >= 0.3 is 6.18 Å². The first kappa shape index (κ1) is 21.5. The lowest BCUT2D eigenvalue weighted by atomic mass is 9.84. The molecule has 2 aromatic rings. The van der Waals surface area contributed by atoms with E-state index < -0.39 is 11.7 Å². The van der Waals surface area contributed by atoms with Crippen molar-refractivity contribution in [2.24, 2.45) is 5.92 Å². The van der Waals surface area contributed by atoms with Gasteiger partial charge in [0.2, 0.25) is 0 Å². The normalized spacial score (nSPS) is 20.5. The Kier molecular flexibility index (Phi) is 6.91. The van der Waals surface area contributed by atoms with Crippen LogP contribution in [0.4, 0.5) is 13.2 Å². The van der Waals surface area contributed by atoms with E-state index in [4.69, 9.17) is 0 Å². The number of halogens is 3. The van der Waals surface area contributed by atoms with Crippen molar-refractivity contribution in [2.45, 2.75) is 44.3 Å². The van der Waals surface area contributed by atoms with E-state index in [9.17, 15) is 13.2 Å². The van der Waals surface area contributed by atoms with Crippen LogP contribution in [0.3, 0.4) is 0 Å². The first-order valence-electron chi connectivity index (χ1n) is 11.1. The number of alkyl halides is 3. The zero-order valence-corrected chi connectivity index (χ0v) is 17.3. The van der Waals surface area contributed by atoms with E-state index in [0.29, 0.717) is 16.8 Å². The fraction of sp³-hybridized carbons (Fsp3) is 0.609. The number of fused-ring (bicyclic) bond motifs is 1. The predicted octanol–water partition coefficient (Wildman–Crippen LogP) is 4.37. The number of hydrogen-bond acceptors (Lipinski definition) is 4. The lowest BCUT2D eigenvalue weighted by Gasteiger charge is -2.34. The number of nitrogens with zero attached hydrogens (tertiary/aromatic N) is 2. The zero-order chi connectivity index (χ0) is 21.0. The fourth-order valence-corrected chi connectivity index (χ4v) is 4.88. The summed E-state index contributed by atoms with van der Waals surface area (Å²) < 4.78 is 40.1. The van der Waals surface area contributed by atoms with Crippen LogP contribution in [0.2, 0.25) is 0 Å². The Morgan fingerprint density at radius 1 is 1.10 bits per heavy atom. The number of piperidine rings is 2. The number of likely N-dealkylation sites (tertiary alicyclic amines) is 1. The van der Waals surface area contributed by atoms with Crippen LogP contribution in [0.25, 0.3) is 10.9 Å². The molecule has 1 atom stereocenters. The highest BCUT2D eigenvalue weighted by Gasteiger charge is 2.32. The summed E-state index contributed by atoms with van der Waals surface area (Å²) in [4.78, 5) is 6.82. The Hall–Kier alpha value is -1.70. The maximum atomic E-state index is 13.4. The summed E-state index contributed by atoms with van der Waals surface area (Å²) in [6.07, 6.45) is 3.24. The smallest absolute Gasteiger partial charge is 0.317 e. The average Bonchev–Trinajstić information content (AvgIpc) is 2.77. The SMILES string of the molecule is FC(F)(F)c1ccc2nccc(C(NCCN3CCCCC3)C3CCNCC3)c2c1. The summed E-state index contributed by atoms with van der Waals surface area (Å²) in [6, 6.07) is 5.84. The van der Waals surface area contributed by atoms with Crippen molar-refractivity contribution in [3.8, 4) is 0 Å². The third-order valence-corrected chi connectivity index (χ3v) is 6.53. The Morgan fingerprint density at radius 3 is 2.60 bits per heavy atom. The zero-order valence-electron chi connectivity index (χ0n) is 17.3. The maximum absolute atomic E-state index is 13.4. The van der Waals surface area contributed by atoms with Crippen molar-refractivity contribution >= 4 is 10.9 Å². The molecule has 2 N–H and O–H groups in total. The maximum Gasteiger partial charge on any atom is 0.416 e. The number of pyridine rings is 1. The van der Waals surface area contributed by atoms with Gasteiger partial charge in [-0.2, -0.15) is 13.2 Å². The standard InChI is InChI=1S/C23H31F3N4/c24-23(25,26)18-4-5-21-20(16-18)19(8-11-28-21)22(17-6-9-27-10-7-17)29-12-15-30-13-2-1-3-14-30/h4-5,8,11,16-17,22,27,29H,1-3,6-7,9-10,12-15H2. The molecule has 1 aromatic carbocycles. The van der Waals surface area contributed by atoms with E-state index in [1.54, 1.807) is 6.20 Å². The highest BCUT2D eigenvalue weighted by molar-refractivity contribution is 5.83. The molecule has 0 aliphatic carbocycles. The predicted molar refractivity (Wildman–Crippen MR) is 113 cm³/mol. The summed E-state index contributed by atoms with van der Waals surface area (Å²) >= 11 is 0. The quantitative estimate of drug-likeness (QED) is 0.728. The van der Waals surface area contributed by atoms with Gasteiger partial charge < -0.3 is 15.5 Å². The van der Waals surface area contributed by atoms with Gasteiger partial charge in [-0.1, -0.05) is 6.42 Å². The third-order valence-electron chi connectivity index (χ3n) is 6.53. The van der Waals surface area contributed by atoms with Gasteiger partial charge in [0.05, 0.1) is 11.1 Å². The second kappa shape index (κ2) is 9.62. The Balaban J connectivity index is 1.60. The molecule has 30 heavy (non-hydrogen) atoms. The minimum atomic E-state index is -4.35. The molecule has 1 aromatic heterocycles. The topological polar surface area (TPSA) is 40.2 Å². The van der Waals surface area contributed by atoms with Gasteiger partial charge in [0.15, 0.2) is 0 Å². The fourth-order valence-electron chi connectivity index (χ4n) is 4.88. The van der Waals surface area contributed by atoms with Gasteiger partial charge in [-0.05, 0) is 87.6 Å². The molecule has 4 rings (SSSR count). The van der Waals surface area contributed by atoms with Crippen LogP contribution < -0.4 is 10.6 Å². The minimum Gasteiger partial charge on any atom is -0.317 e. The molecule has 0 saturated carbocycles. The molecule has 2 aliphatic heterocycles. The monoisotopic (exact) mass is 420 g/mol. The molecule has 2 saturated heterocycles. The number of nitrogens with one attached hydrogen (secondary N) is 2. The van der Waals surface area contributed by atoms with E-state index in [1.165, 1.54) is 31.4 Å². The average molecular weight is 421 g/mol. The molecule has 164 valence electrons. The molecular weight excluding hydrogens is 389 g/mol. The molecule has 4 nitrogen and oxygen atoms in total. The second-order valence-electron chi connectivity index (χ2n) is 8.55. The third kappa shape index (κ3) is 5.13. The molecule has 7 heteroatoms. The van der Waals surface area contributed by atoms with Crippen LogP contribution >= 0.6 is 0 Å². The molecule has 0 amide bonds. The Morgan fingerprint density at radius 2 is 1.87 bits per heavy atom. The molecule has 0 bridgehead atoms. The van der Waals surface area contributed by atoms with E-state index in [0.717, 1.165) is 63.7 Å².